The lowest BCUT2D eigenvalue weighted by Crippen LogP contribution is -2.26. The molecule has 3 heterocycles. The fourth-order valence-corrected chi connectivity index (χ4v) is 3.41. The molecule has 0 unspecified atom stereocenters. The van der Waals surface area contributed by atoms with Crippen LogP contribution in [0.2, 0.25) is 0 Å². The van der Waals surface area contributed by atoms with Gasteiger partial charge in [-0.05, 0) is 31.2 Å². The first-order valence-electron chi connectivity index (χ1n) is 8.85. The first-order valence-corrected chi connectivity index (χ1v) is 8.85. The van der Waals surface area contributed by atoms with E-state index in [-0.39, 0.29) is 23.7 Å². The number of aryl methyl sites for hydroxylation is 1. The van der Waals surface area contributed by atoms with Gasteiger partial charge >= 0.3 is 0 Å². The lowest BCUT2D eigenvalue weighted by Gasteiger charge is -2.20. The summed E-state index contributed by atoms with van der Waals surface area (Å²) in [5, 5.41) is 16.7. The van der Waals surface area contributed by atoms with Crippen molar-refractivity contribution in [2.24, 2.45) is 7.05 Å². The molecular weight excluding hydrogens is 375 g/mol. The summed E-state index contributed by atoms with van der Waals surface area (Å²) in [6.45, 7) is 1.77. The second-order valence-corrected chi connectivity index (χ2v) is 6.69. The molecule has 1 aliphatic heterocycles. The molecule has 0 saturated carbocycles. The van der Waals surface area contributed by atoms with E-state index in [0.717, 1.165) is 0 Å². The highest BCUT2D eigenvalue weighted by atomic mass is 19.1. The van der Waals surface area contributed by atoms with Gasteiger partial charge in [-0.15, -0.1) is 0 Å². The van der Waals surface area contributed by atoms with Crippen LogP contribution in [0.3, 0.4) is 0 Å². The molecule has 1 atom stereocenters. The monoisotopic (exact) mass is 392 g/mol. The number of hydrogen-bond donors (Lipinski definition) is 2. The molecule has 0 aliphatic carbocycles. The molecule has 2 aromatic heterocycles. The number of rotatable bonds is 0. The quantitative estimate of drug-likeness (QED) is 0.607. The maximum Gasteiger partial charge on any atom is 0.252 e. The molecule has 2 bridgehead atoms. The fourth-order valence-electron chi connectivity index (χ4n) is 3.41. The van der Waals surface area contributed by atoms with E-state index in [4.69, 9.17) is 10.5 Å². The Kier molecular flexibility index (Phi) is 4.39. The van der Waals surface area contributed by atoms with Gasteiger partial charge in [-0.3, -0.25) is 9.48 Å². The minimum absolute atomic E-state index is 0.0788. The third kappa shape index (κ3) is 3.14. The van der Waals surface area contributed by atoms with E-state index in [1.165, 1.54) is 29.1 Å². The molecule has 0 saturated heterocycles. The van der Waals surface area contributed by atoms with Crippen molar-refractivity contribution in [1.29, 1.82) is 5.26 Å². The first-order chi connectivity index (χ1) is 13.9. The van der Waals surface area contributed by atoms with Crippen molar-refractivity contribution < 1.29 is 13.9 Å². The van der Waals surface area contributed by atoms with Gasteiger partial charge in [0, 0.05) is 35.5 Å². The molecule has 146 valence electrons. The number of ether oxygens (including phenoxy) is 1. The predicted molar refractivity (Wildman–Crippen MR) is 102 cm³/mol. The van der Waals surface area contributed by atoms with Crippen LogP contribution in [0.25, 0.3) is 11.1 Å². The minimum Gasteiger partial charge on any atom is -0.482 e. The van der Waals surface area contributed by atoms with E-state index in [1.54, 1.807) is 20.0 Å². The number of benzene rings is 1. The highest BCUT2D eigenvalue weighted by Gasteiger charge is 2.24. The number of anilines is 1. The van der Waals surface area contributed by atoms with Gasteiger partial charge in [0.05, 0.1) is 12.2 Å². The molecule has 3 aromatic rings. The maximum atomic E-state index is 13.9. The van der Waals surface area contributed by atoms with Gasteiger partial charge < -0.3 is 15.8 Å². The Balaban J connectivity index is 1.94. The van der Waals surface area contributed by atoms with Crippen LogP contribution in [0.15, 0.2) is 30.5 Å². The summed E-state index contributed by atoms with van der Waals surface area (Å²) in [6, 6.07) is 7.68. The molecule has 0 radical (unpaired) electrons. The first kappa shape index (κ1) is 18.4. The number of carbonyl (C=O) groups excluding carboxylic acids is 1. The molecular formula is C20H17FN6O2. The van der Waals surface area contributed by atoms with Crippen molar-refractivity contribution in [2.45, 2.75) is 19.6 Å². The van der Waals surface area contributed by atoms with E-state index in [2.05, 4.69) is 21.5 Å². The molecule has 8 nitrogen and oxygen atoms in total. The Morgan fingerprint density at radius 1 is 1.41 bits per heavy atom. The van der Waals surface area contributed by atoms with Gasteiger partial charge in [0.15, 0.2) is 11.6 Å². The lowest BCUT2D eigenvalue weighted by atomic mass is 10.0. The molecule has 4 rings (SSSR count). The average molecular weight is 392 g/mol. The van der Waals surface area contributed by atoms with Crippen LogP contribution >= 0.6 is 0 Å². The Bertz CT molecular complexity index is 1180. The Labute approximate surface area is 165 Å². The highest BCUT2D eigenvalue weighted by molar-refractivity contribution is 5.96. The Morgan fingerprint density at radius 2 is 2.21 bits per heavy atom. The number of fused-ring (bicyclic) bond motifs is 5. The number of pyridine rings is 1. The Morgan fingerprint density at radius 3 is 2.97 bits per heavy atom. The molecule has 0 fully saturated rings. The summed E-state index contributed by atoms with van der Waals surface area (Å²) < 4.78 is 21.2. The van der Waals surface area contributed by atoms with E-state index in [9.17, 15) is 14.4 Å². The van der Waals surface area contributed by atoms with Crippen molar-refractivity contribution in [3.05, 3.63) is 58.8 Å². The van der Waals surface area contributed by atoms with Crippen LogP contribution in [0.4, 0.5) is 10.2 Å². The zero-order chi connectivity index (χ0) is 20.7. The van der Waals surface area contributed by atoms with E-state index in [1.807, 2.05) is 0 Å². The number of carbonyl (C=O) groups is 1. The van der Waals surface area contributed by atoms with Crippen LogP contribution in [0.1, 0.15) is 40.3 Å². The van der Waals surface area contributed by atoms with Crippen molar-refractivity contribution in [3.63, 3.8) is 0 Å². The normalized spacial score (nSPS) is 15.7. The molecule has 1 amide bonds. The summed E-state index contributed by atoms with van der Waals surface area (Å²) in [5.74, 6) is -0.473. The second kappa shape index (κ2) is 6.91. The number of nitrogens with zero attached hydrogens (tertiary/aromatic N) is 4. The molecule has 3 N–H and O–H groups in total. The molecule has 1 aliphatic rings. The smallest absolute Gasteiger partial charge is 0.252 e. The number of nitrogen functional groups attached to an aromatic ring is 1. The molecule has 0 spiro atoms. The van der Waals surface area contributed by atoms with E-state index in [0.29, 0.717) is 28.1 Å². The largest absolute Gasteiger partial charge is 0.482 e. The van der Waals surface area contributed by atoms with Crippen LogP contribution in [-0.2, 0) is 13.6 Å². The summed E-state index contributed by atoms with van der Waals surface area (Å²) in [4.78, 5) is 17.0. The number of nitriles is 1. The minimum atomic E-state index is -0.672. The number of nitrogens with one attached hydrogen (secondary N) is 1. The molecule has 1 aromatic carbocycles. The topological polar surface area (TPSA) is 119 Å². The zero-order valence-electron chi connectivity index (χ0n) is 15.7. The van der Waals surface area contributed by atoms with Crippen LogP contribution < -0.4 is 15.8 Å². The number of nitrogens with two attached hydrogens (primary N) is 1. The van der Waals surface area contributed by atoms with Crippen molar-refractivity contribution in [2.75, 3.05) is 5.73 Å². The maximum absolute atomic E-state index is 13.9. The average Bonchev–Trinajstić information content (AvgIpc) is 3.02. The van der Waals surface area contributed by atoms with Crippen LogP contribution in [0.5, 0.6) is 5.75 Å². The summed E-state index contributed by atoms with van der Waals surface area (Å²) >= 11 is 0. The van der Waals surface area contributed by atoms with E-state index < -0.39 is 17.8 Å². The molecule has 9 heteroatoms. The van der Waals surface area contributed by atoms with Crippen molar-refractivity contribution in [3.8, 4) is 22.9 Å². The number of amides is 1. The Hall–Kier alpha value is -3.93. The van der Waals surface area contributed by atoms with Crippen LogP contribution in [0, 0.1) is 17.1 Å². The summed E-state index contributed by atoms with van der Waals surface area (Å²) in [6.07, 6.45) is 0.851. The van der Waals surface area contributed by atoms with Crippen LogP contribution in [-0.4, -0.2) is 20.7 Å². The molecule has 29 heavy (non-hydrogen) atoms. The van der Waals surface area contributed by atoms with Gasteiger partial charge in [0.2, 0.25) is 0 Å². The standard InChI is InChI=1S/C20H17FN6O2/c1-10-14-6-12(21)3-4-13(14)20(28)25-9-15-18(16(7-22)27(2)26-15)11-5-17(29-10)19(23)24-8-11/h3-6,8,10H,9H2,1-2H3,(H2,23,24)(H,25,28)/t10-/m1/s1. The summed E-state index contributed by atoms with van der Waals surface area (Å²) in [7, 11) is 1.65. The second-order valence-electron chi connectivity index (χ2n) is 6.69. The number of aromatic nitrogens is 3. The predicted octanol–water partition coefficient (Wildman–Crippen LogP) is 2.46. The van der Waals surface area contributed by atoms with Crippen molar-refractivity contribution in [1.82, 2.24) is 20.1 Å². The summed E-state index contributed by atoms with van der Waals surface area (Å²) in [5.41, 5.74) is 8.57. The van der Waals surface area contributed by atoms with Crippen molar-refractivity contribution >= 4 is 11.7 Å². The highest BCUT2D eigenvalue weighted by Crippen LogP contribution is 2.34. The number of halogens is 1. The van der Waals surface area contributed by atoms with Gasteiger partial charge in [-0.1, -0.05) is 0 Å². The zero-order valence-corrected chi connectivity index (χ0v) is 15.7. The van der Waals surface area contributed by atoms with E-state index >= 15 is 0 Å². The third-order valence-corrected chi connectivity index (χ3v) is 4.81. The SMILES string of the molecule is C[C@H]1Oc2cc(cnc2N)-c2c(nn(C)c2C#N)CNC(=O)c2ccc(F)cc21. The van der Waals surface area contributed by atoms with Gasteiger partial charge in [0.25, 0.3) is 5.91 Å². The van der Waals surface area contributed by atoms with Gasteiger partial charge in [0.1, 0.15) is 23.7 Å². The fraction of sp³-hybridized carbons (Fsp3) is 0.200. The van der Waals surface area contributed by atoms with Gasteiger partial charge in [-0.25, -0.2) is 9.37 Å². The van der Waals surface area contributed by atoms with Gasteiger partial charge in [-0.2, -0.15) is 10.4 Å². The third-order valence-electron chi connectivity index (χ3n) is 4.81. The number of hydrogen-bond acceptors (Lipinski definition) is 6. The lowest BCUT2D eigenvalue weighted by molar-refractivity contribution is 0.0945.